The van der Waals surface area contributed by atoms with Gasteiger partial charge >= 0.3 is 12.2 Å². The Morgan fingerprint density at radius 2 is 1.85 bits per heavy atom. The van der Waals surface area contributed by atoms with E-state index in [1.807, 2.05) is 0 Å². The van der Waals surface area contributed by atoms with E-state index in [1.165, 1.54) is 6.20 Å². The van der Waals surface area contributed by atoms with Gasteiger partial charge in [-0.15, -0.1) is 4.99 Å². The number of guanidine groups is 1. The van der Waals surface area contributed by atoms with Crippen LogP contribution < -0.4 is 16.0 Å². The van der Waals surface area contributed by atoms with Gasteiger partial charge in [0, 0.05) is 13.1 Å². The van der Waals surface area contributed by atoms with Crippen molar-refractivity contribution in [3.05, 3.63) is 6.20 Å². The molecule has 1 aliphatic rings. The molecule has 0 saturated heterocycles. The number of anilines is 2. The molecule has 2 heterocycles. The lowest BCUT2D eigenvalue weighted by molar-refractivity contribution is 0.0601. The molecule has 2 amide bonds. The van der Waals surface area contributed by atoms with E-state index in [1.54, 1.807) is 46.2 Å². The molecule has 2 rings (SSSR count). The van der Waals surface area contributed by atoms with Gasteiger partial charge in [-0.25, -0.2) is 19.2 Å². The molecule has 0 radical (unpaired) electrons. The number of aromatic nitrogens is 2. The molecular formula is C17H28N6O4. The lowest BCUT2D eigenvalue weighted by Crippen LogP contribution is -2.46. The van der Waals surface area contributed by atoms with Crippen molar-refractivity contribution in [1.82, 2.24) is 9.78 Å². The standard InChI is InChI=1S/C17H28N6O4/c1-16(2,3)26-14(24)21-13(18)23(15(25)27-17(4,5)6)11-10-20-22-9-7-8-19-12(11)22/h10,19H,7-9H2,1-6H3,(H2,18,21,24). The van der Waals surface area contributed by atoms with Crippen molar-refractivity contribution in [2.24, 2.45) is 10.7 Å². The summed E-state index contributed by atoms with van der Waals surface area (Å²) in [6, 6.07) is 0. The van der Waals surface area contributed by atoms with Crippen LogP contribution in [0.15, 0.2) is 11.2 Å². The number of nitrogens with zero attached hydrogens (tertiary/aromatic N) is 4. The summed E-state index contributed by atoms with van der Waals surface area (Å²) >= 11 is 0. The maximum absolute atomic E-state index is 12.8. The average Bonchev–Trinajstić information content (AvgIpc) is 2.87. The number of rotatable bonds is 1. The summed E-state index contributed by atoms with van der Waals surface area (Å²) in [5.41, 5.74) is 4.84. The van der Waals surface area contributed by atoms with Crippen molar-refractivity contribution >= 4 is 29.7 Å². The second-order valence-electron chi connectivity index (χ2n) is 8.15. The normalized spacial score (nSPS) is 14.8. The van der Waals surface area contributed by atoms with E-state index in [0.29, 0.717) is 18.1 Å². The first-order valence-electron chi connectivity index (χ1n) is 8.77. The summed E-state index contributed by atoms with van der Waals surface area (Å²) < 4.78 is 12.3. The molecule has 1 aromatic rings. The number of nitrogens with one attached hydrogen (secondary N) is 1. The van der Waals surface area contributed by atoms with Gasteiger partial charge in [0.05, 0.1) is 6.20 Å². The van der Waals surface area contributed by atoms with E-state index in [2.05, 4.69) is 15.4 Å². The largest absolute Gasteiger partial charge is 0.443 e. The van der Waals surface area contributed by atoms with Crippen LogP contribution in [0.2, 0.25) is 0 Å². The Bertz CT molecular complexity index is 742. The topological polar surface area (TPSA) is 124 Å². The van der Waals surface area contributed by atoms with Crippen molar-refractivity contribution in [3.63, 3.8) is 0 Å². The zero-order chi connectivity index (χ0) is 20.4. The van der Waals surface area contributed by atoms with Gasteiger partial charge in [0.1, 0.15) is 22.7 Å². The first kappa shape index (κ1) is 20.5. The van der Waals surface area contributed by atoms with Crippen LogP contribution in [0, 0.1) is 0 Å². The molecule has 0 aliphatic carbocycles. The van der Waals surface area contributed by atoms with E-state index < -0.39 is 23.4 Å². The van der Waals surface area contributed by atoms with Crippen molar-refractivity contribution < 1.29 is 19.1 Å². The summed E-state index contributed by atoms with van der Waals surface area (Å²) in [5.74, 6) is 0.246. The molecule has 0 fully saturated rings. The Balaban J connectivity index is 2.40. The molecule has 1 aromatic heterocycles. The van der Waals surface area contributed by atoms with E-state index in [4.69, 9.17) is 15.2 Å². The fraction of sp³-hybridized carbons (Fsp3) is 0.647. The third kappa shape index (κ3) is 5.60. The van der Waals surface area contributed by atoms with Gasteiger partial charge in [-0.3, -0.25) is 0 Å². The van der Waals surface area contributed by atoms with Crippen molar-refractivity contribution in [3.8, 4) is 0 Å². The minimum Gasteiger partial charge on any atom is -0.443 e. The predicted octanol–water partition coefficient (Wildman–Crippen LogP) is 2.69. The van der Waals surface area contributed by atoms with Crippen LogP contribution in [-0.4, -0.2) is 45.7 Å². The average molecular weight is 380 g/mol. The fourth-order valence-corrected chi connectivity index (χ4v) is 2.38. The minimum atomic E-state index is -0.900. The molecule has 10 heteroatoms. The van der Waals surface area contributed by atoms with Gasteiger partial charge in [-0.05, 0) is 48.0 Å². The highest BCUT2D eigenvalue weighted by atomic mass is 16.6. The monoisotopic (exact) mass is 380 g/mol. The van der Waals surface area contributed by atoms with Crippen LogP contribution >= 0.6 is 0 Å². The minimum absolute atomic E-state index is 0.355. The number of fused-ring (bicyclic) bond motifs is 1. The van der Waals surface area contributed by atoms with Crippen molar-refractivity contribution in [2.75, 3.05) is 16.8 Å². The quantitative estimate of drug-likeness (QED) is 0.567. The van der Waals surface area contributed by atoms with Gasteiger partial charge in [0.2, 0.25) is 5.96 Å². The zero-order valence-corrected chi connectivity index (χ0v) is 16.7. The van der Waals surface area contributed by atoms with Gasteiger partial charge in [-0.2, -0.15) is 5.10 Å². The molecular weight excluding hydrogens is 352 g/mol. The summed E-state index contributed by atoms with van der Waals surface area (Å²) in [6.45, 7) is 11.8. The first-order valence-corrected chi connectivity index (χ1v) is 8.77. The highest BCUT2D eigenvalue weighted by Gasteiger charge is 2.31. The number of hydrogen-bond acceptors (Lipinski definition) is 6. The highest BCUT2D eigenvalue weighted by Crippen LogP contribution is 2.29. The fourth-order valence-electron chi connectivity index (χ4n) is 2.38. The Labute approximate surface area is 158 Å². The summed E-state index contributed by atoms with van der Waals surface area (Å²) in [5, 5.41) is 7.44. The number of ether oxygens (including phenoxy) is 2. The molecule has 0 aromatic carbocycles. The summed E-state index contributed by atoms with van der Waals surface area (Å²) in [6.07, 6.45) is 0.718. The van der Waals surface area contributed by atoms with Gasteiger partial charge in [0.25, 0.3) is 0 Å². The maximum atomic E-state index is 12.8. The molecule has 150 valence electrons. The number of carbonyl (C=O) groups excluding carboxylic acids is 2. The maximum Gasteiger partial charge on any atom is 0.437 e. The number of hydrogen-bond donors (Lipinski definition) is 2. The zero-order valence-electron chi connectivity index (χ0n) is 16.7. The SMILES string of the molecule is CC(C)(C)OC(=O)N=C(N)N(C(=O)OC(C)(C)C)c1cnn2c1NCCC2. The van der Waals surface area contributed by atoms with E-state index in [0.717, 1.165) is 17.9 Å². The number of aryl methyl sites for hydroxylation is 1. The van der Waals surface area contributed by atoms with Crippen LogP contribution in [0.1, 0.15) is 48.0 Å². The molecule has 27 heavy (non-hydrogen) atoms. The number of nitrogens with two attached hydrogens (primary N) is 1. The van der Waals surface area contributed by atoms with E-state index in [-0.39, 0.29) is 5.96 Å². The number of amides is 2. The van der Waals surface area contributed by atoms with Crippen LogP contribution in [0.4, 0.5) is 21.1 Å². The first-order chi connectivity index (χ1) is 12.4. The van der Waals surface area contributed by atoms with Crippen LogP contribution in [0.5, 0.6) is 0 Å². The third-order valence-electron chi connectivity index (χ3n) is 3.30. The molecule has 0 bridgehead atoms. The van der Waals surface area contributed by atoms with Gasteiger partial charge in [0.15, 0.2) is 0 Å². The van der Waals surface area contributed by atoms with Crippen LogP contribution in [0.25, 0.3) is 0 Å². The number of carbonyl (C=O) groups is 2. The van der Waals surface area contributed by atoms with Gasteiger partial charge < -0.3 is 20.5 Å². The predicted molar refractivity (Wildman–Crippen MR) is 102 cm³/mol. The molecule has 0 unspecified atom stereocenters. The van der Waals surface area contributed by atoms with Crippen LogP contribution in [0.3, 0.4) is 0 Å². The Hall–Kier alpha value is -2.78. The second-order valence-corrected chi connectivity index (χ2v) is 8.15. The summed E-state index contributed by atoms with van der Waals surface area (Å²) in [4.78, 5) is 29.5. The molecule has 0 saturated carbocycles. The highest BCUT2D eigenvalue weighted by molar-refractivity contribution is 6.16. The van der Waals surface area contributed by atoms with Crippen molar-refractivity contribution in [2.45, 2.75) is 65.7 Å². The Kier molecular flexibility index (Phi) is 5.67. The van der Waals surface area contributed by atoms with E-state index in [9.17, 15) is 9.59 Å². The lowest BCUT2D eigenvalue weighted by atomic mass is 10.2. The molecule has 10 nitrogen and oxygen atoms in total. The third-order valence-corrected chi connectivity index (χ3v) is 3.30. The Morgan fingerprint density at radius 1 is 1.22 bits per heavy atom. The molecule has 0 spiro atoms. The van der Waals surface area contributed by atoms with Crippen molar-refractivity contribution in [1.29, 1.82) is 0 Å². The summed E-state index contributed by atoms with van der Waals surface area (Å²) in [7, 11) is 0. The lowest BCUT2D eigenvalue weighted by Gasteiger charge is -2.27. The smallest absolute Gasteiger partial charge is 0.437 e. The molecule has 0 atom stereocenters. The second kappa shape index (κ2) is 7.45. The Morgan fingerprint density at radius 3 is 2.44 bits per heavy atom. The molecule has 3 N–H and O–H groups in total. The van der Waals surface area contributed by atoms with E-state index >= 15 is 0 Å². The van der Waals surface area contributed by atoms with Gasteiger partial charge in [-0.1, -0.05) is 0 Å². The van der Waals surface area contributed by atoms with Crippen LogP contribution in [-0.2, 0) is 16.0 Å². The number of aliphatic imine (C=N–C) groups is 1. The molecule has 1 aliphatic heterocycles.